The van der Waals surface area contributed by atoms with Gasteiger partial charge >= 0.3 is 5.97 Å². The van der Waals surface area contributed by atoms with Crippen molar-refractivity contribution < 1.29 is 24.0 Å². The van der Waals surface area contributed by atoms with Gasteiger partial charge in [-0.3, -0.25) is 24.5 Å². The maximum atomic E-state index is 12.6. The normalized spacial score (nSPS) is 12.2. The van der Waals surface area contributed by atoms with Gasteiger partial charge in [0.2, 0.25) is 0 Å². The van der Waals surface area contributed by atoms with Gasteiger partial charge in [-0.15, -0.1) is 11.3 Å². The molecule has 2 aromatic carbocycles. The Morgan fingerprint density at radius 2 is 2.06 bits per heavy atom. The second kappa shape index (κ2) is 9.79. The largest absolute Gasteiger partial charge is 0.454 e. The summed E-state index contributed by atoms with van der Waals surface area (Å²) in [6, 6.07) is 10.9. The molecule has 0 fully saturated rings. The Hall–Kier alpha value is -4.12. The van der Waals surface area contributed by atoms with Crippen LogP contribution in [0.2, 0.25) is 0 Å². The van der Waals surface area contributed by atoms with E-state index >= 15 is 0 Å². The fourth-order valence-corrected chi connectivity index (χ4v) is 4.22. The van der Waals surface area contributed by atoms with Crippen molar-refractivity contribution in [3.63, 3.8) is 0 Å². The fraction of sp³-hybridized carbons (Fsp3) is 0.217. The summed E-state index contributed by atoms with van der Waals surface area (Å²) < 4.78 is 5.01. The SMILES string of the molecule is Cc1nc(-c2ccc3c(c2)CCN3C(=O)COC(=O)CNC(=O)c2cccc([N+](=O)[O-])c2)cs1. The lowest BCUT2D eigenvalue weighted by Crippen LogP contribution is -2.36. The number of thiazole rings is 1. The van der Waals surface area contributed by atoms with Crippen LogP contribution in [-0.4, -0.2) is 47.4 Å². The van der Waals surface area contributed by atoms with Gasteiger partial charge in [-0.2, -0.15) is 0 Å². The van der Waals surface area contributed by atoms with Crippen molar-refractivity contribution >= 4 is 40.5 Å². The van der Waals surface area contributed by atoms with Crippen molar-refractivity contribution in [1.82, 2.24) is 10.3 Å². The van der Waals surface area contributed by atoms with Gasteiger partial charge in [0, 0.05) is 40.9 Å². The molecule has 1 aliphatic heterocycles. The van der Waals surface area contributed by atoms with Crippen molar-refractivity contribution in [2.75, 3.05) is 24.6 Å². The summed E-state index contributed by atoms with van der Waals surface area (Å²) in [6.45, 7) is 1.50. The number of esters is 1. The number of hydrogen-bond acceptors (Lipinski definition) is 8. The number of aromatic nitrogens is 1. The molecule has 4 rings (SSSR count). The predicted molar refractivity (Wildman–Crippen MR) is 125 cm³/mol. The standard InChI is InChI=1S/C23H20N4O6S/c1-14-25-19(13-34-14)15-5-6-20-16(9-15)7-8-26(20)21(28)12-33-22(29)11-24-23(30)17-3-2-4-18(10-17)27(31)32/h2-6,9-10,13H,7-8,11-12H2,1H3,(H,24,30). The zero-order valence-corrected chi connectivity index (χ0v) is 19.0. The Balaban J connectivity index is 1.29. The summed E-state index contributed by atoms with van der Waals surface area (Å²) >= 11 is 1.58. The van der Waals surface area contributed by atoms with Crippen LogP contribution < -0.4 is 10.2 Å². The number of non-ortho nitro benzene ring substituents is 1. The zero-order valence-electron chi connectivity index (χ0n) is 18.1. The molecule has 1 aliphatic rings. The van der Waals surface area contributed by atoms with E-state index < -0.39 is 30.0 Å². The minimum absolute atomic E-state index is 0.0407. The first-order valence-corrected chi connectivity index (χ1v) is 11.2. The highest BCUT2D eigenvalue weighted by atomic mass is 32.1. The molecule has 0 spiro atoms. The van der Waals surface area contributed by atoms with Gasteiger partial charge < -0.3 is 15.0 Å². The van der Waals surface area contributed by atoms with Gasteiger partial charge in [0.1, 0.15) is 6.54 Å². The van der Waals surface area contributed by atoms with Gasteiger partial charge in [-0.25, -0.2) is 4.98 Å². The minimum atomic E-state index is -0.791. The average molecular weight is 481 g/mol. The molecule has 0 radical (unpaired) electrons. The molecule has 34 heavy (non-hydrogen) atoms. The van der Waals surface area contributed by atoms with Crippen molar-refractivity contribution in [2.45, 2.75) is 13.3 Å². The maximum absolute atomic E-state index is 12.6. The number of anilines is 1. The van der Waals surface area contributed by atoms with Crippen LogP contribution >= 0.6 is 11.3 Å². The number of carbonyl (C=O) groups excluding carboxylic acids is 3. The number of carbonyl (C=O) groups is 3. The summed E-state index contributed by atoms with van der Waals surface area (Å²) in [4.78, 5) is 53.0. The molecule has 10 nitrogen and oxygen atoms in total. The average Bonchev–Trinajstić information content (AvgIpc) is 3.46. The molecule has 3 aromatic rings. The molecule has 0 saturated heterocycles. The van der Waals surface area contributed by atoms with Crippen molar-refractivity contribution in [3.05, 3.63) is 74.1 Å². The van der Waals surface area contributed by atoms with Crippen molar-refractivity contribution in [1.29, 1.82) is 0 Å². The van der Waals surface area contributed by atoms with E-state index in [9.17, 15) is 24.5 Å². The van der Waals surface area contributed by atoms with Crippen molar-refractivity contribution in [3.8, 4) is 11.3 Å². The van der Waals surface area contributed by atoms with Crippen LogP contribution in [0.25, 0.3) is 11.3 Å². The van der Waals surface area contributed by atoms with Gasteiger partial charge in [-0.05, 0) is 37.1 Å². The van der Waals surface area contributed by atoms with Crippen molar-refractivity contribution in [2.24, 2.45) is 0 Å². The van der Waals surface area contributed by atoms with E-state index in [1.54, 1.807) is 16.2 Å². The molecular weight excluding hydrogens is 460 g/mol. The number of benzene rings is 2. The lowest BCUT2D eigenvalue weighted by atomic mass is 10.1. The topological polar surface area (TPSA) is 132 Å². The third-order valence-electron chi connectivity index (χ3n) is 5.26. The van der Waals surface area contributed by atoms with E-state index in [1.807, 2.05) is 30.5 Å². The quantitative estimate of drug-likeness (QED) is 0.312. The Morgan fingerprint density at radius 1 is 1.24 bits per heavy atom. The third kappa shape index (κ3) is 5.09. The number of rotatable bonds is 7. The Morgan fingerprint density at radius 3 is 2.79 bits per heavy atom. The molecule has 2 heterocycles. The van der Waals surface area contributed by atoms with E-state index in [4.69, 9.17) is 4.74 Å². The summed E-state index contributed by atoms with van der Waals surface area (Å²) in [5.74, 6) is -1.82. The Labute approximate surface area is 198 Å². The van der Waals surface area contributed by atoms with Gasteiger partial charge in [-0.1, -0.05) is 12.1 Å². The third-order valence-corrected chi connectivity index (χ3v) is 6.03. The summed E-state index contributed by atoms with van der Waals surface area (Å²) in [5, 5.41) is 16.1. The monoisotopic (exact) mass is 480 g/mol. The summed E-state index contributed by atoms with van der Waals surface area (Å²) in [5.41, 5.74) is 3.49. The second-order valence-electron chi connectivity index (χ2n) is 7.54. The highest BCUT2D eigenvalue weighted by Crippen LogP contribution is 2.32. The molecule has 174 valence electrons. The van der Waals surface area contributed by atoms with E-state index in [0.717, 1.165) is 33.6 Å². The molecule has 0 unspecified atom stereocenters. The second-order valence-corrected chi connectivity index (χ2v) is 8.60. The number of hydrogen-bond donors (Lipinski definition) is 1. The number of nitro groups is 1. The molecule has 0 bridgehead atoms. The molecule has 1 N–H and O–H groups in total. The lowest BCUT2D eigenvalue weighted by molar-refractivity contribution is -0.384. The van der Waals surface area contributed by atoms with Gasteiger partial charge in [0.05, 0.1) is 15.6 Å². The minimum Gasteiger partial charge on any atom is -0.454 e. The number of amides is 2. The first kappa shape index (κ1) is 23.1. The van der Waals surface area contributed by atoms with E-state index in [0.29, 0.717) is 13.0 Å². The van der Waals surface area contributed by atoms with Gasteiger partial charge in [0.25, 0.3) is 17.5 Å². The molecule has 0 aliphatic carbocycles. The van der Waals surface area contributed by atoms with Crippen LogP contribution in [0.5, 0.6) is 0 Å². The maximum Gasteiger partial charge on any atom is 0.325 e. The highest BCUT2D eigenvalue weighted by molar-refractivity contribution is 7.09. The Bertz CT molecular complexity index is 1290. The first-order chi connectivity index (χ1) is 16.3. The van der Waals surface area contributed by atoms with Gasteiger partial charge in [0.15, 0.2) is 6.61 Å². The van der Waals surface area contributed by atoms with E-state index in [-0.39, 0.29) is 17.2 Å². The molecular formula is C23H20N4O6S. The zero-order chi connectivity index (χ0) is 24.2. The fourth-order valence-electron chi connectivity index (χ4n) is 3.60. The van der Waals surface area contributed by atoms with Crippen LogP contribution in [-0.2, 0) is 20.7 Å². The van der Waals surface area contributed by atoms with E-state index in [1.165, 1.54) is 18.2 Å². The predicted octanol–water partition coefficient (Wildman–Crippen LogP) is 2.89. The smallest absolute Gasteiger partial charge is 0.325 e. The molecule has 0 saturated carbocycles. The number of nitrogens with one attached hydrogen (secondary N) is 1. The van der Waals surface area contributed by atoms with Crippen LogP contribution in [0.4, 0.5) is 11.4 Å². The van der Waals surface area contributed by atoms with Crippen LogP contribution in [0.1, 0.15) is 20.9 Å². The highest BCUT2D eigenvalue weighted by Gasteiger charge is 2.26. The van der Waals surface area contributed by atoms with Crippen LogP contribution in [0, 0.1) is 17.0 Å². The number of nitrogens with zero attached hydrogens (tertiary/aromatic N) is 3. The number of fused-ring (bicyclic) bond motifs is 1. The Kier molecular flexibility index (Phi) is 6.64. The van der Waals surface area contributed by atoms with Crippen LogP contribution in [0.3, 0.4) is 0 Å². The van der Waals surface area contributed by atoms with Crippen LogP contribution in [0.15, 0.2) is 47.8 Å². The molecule has 1 aromatic heterocycles. The number of ether oxygens (including phenoxy) is 1. The lowest BCUT2D eigenvalue weighted by Gasteiger charge is -2.17. The number of aryl methyl sites for hydroxylation is 1. The first-order valence-electron chi connectivity index (χ1n) is 10.4. The molecule has 11 heteroatoms. The summed E-state index contributed by atoms with van der Waals surface area (Å²) in [7, 11) is 0. The summed E-state index contributed by atoms with van der Waals surface area (Å²) in [6.07, 6.45) is 0.686. The number of nitro benzene ring substituents is 1. The molecule has 0 atom stereocenters. The molecule has 2 amide bonds. The van der Waals surface area contributed by atoms with E-state index in [2.05, 4.69) is 10.3 Å².